The number of rotatable bonds is 6. The van der Waals surface area contributed by atoms with E-state index in [2.05, 4.69) is 15.3 Å². The monoisotopic (exact) mass is 493 g/mol. The number of nitriles is 1. The Balaban J connectivity index is 1.57. The molecule has 0 radical (unpaired) electrons. The van der Waals surface area contributed by atoms with Crippen LogP contribution in [0.2, 0.25) is 10.0 Å². The van der Waals surface area contributed by atoms with Gasteiger partial charge in [-0.2, -0.15) is 5.26 Å². The first kappa shape index (κ1) is 22.0. The Kier molecular flexibility index (Phi) is 5.97. The quantitative estimate of drug-likeness (QED) is 0.347. The van der Waals surface area contributed by atoms with Gasteiger partial charge in [-0.1, -0.05) is 23.2 Å². The van der Waals surface area contributed by atoms with Gasteiger partial charge in [0.1, 0.15) is 28.8 Å². The molecule has 4 rings (SSSR count). The van der Waals surface area contributed by atoms with E-state index in [1.807, 2.05) is 6.07 Å². The molecule has 0 aliphatic carbocycles. The fourth-order valence-corrected chi connectivity index (χ4v) is 4.65. The molecule has 0 unspecified atom stereocenters. The number of aromatic carboxylic acids is 1. The van der Waals surface area contributed by atoms with Crippen molar-refractivity contribution >= 4 is 57.2 Å². The summed E-state index contributed by atoms with van der Waals surface area (Å²) in [6, 6.07) is 7.35. The summed E-state index contributed by atoms with van der Waals surface area (Å²) >= 11 is 12.9. The highest BCUT2D eigenvalue weighted by atomic mass is 35.5. The van der Waals surface area contributed by atoms with Crippen LogP contribution >= 0.6 is 34.5 Å². The number of aromatic nitrogens is 3. The average Bonchev–Trinajstić information content (AvgIpc) is 3.33. The third-order valence-electron chi connectivity index (χ3n) is 4.58. The van der Waals surface area contributed by atoms with Gasteiger partial charge in [-0.3, -0.25) is 0 Å². The minimum atomic E-state index is -1.13. The molecule has 0 aliphatic rings. The van der Waals surface area contributed by atoms with E-state index in [1.165, 1.54) is 23.0 Å². The van der Waals surface area contributed by atoms with Gasteiger partial charge in [-0.25, -0.2) is 23.5 Å². The molecule has 1 aromatic carbocycles. The number of carbonyl (C=O) groups is 1. The maximum absolute atomic E-state index is 14.4. The summed E-state index contributed by atoms with van der Waals surface area (Å²) in [5.74, 6) is -2.90. The zero-order chi connectivity index (χ0) is 23.0. The summed E-state index contributed by atoms with van der Waals surface area (Å²) in [4.78, 5) is 20.0. The van der Waals surface area contributed by atoms with Gasteiger partial charge in [0, 0.05) is 24.5 Å². The van der Waals surface area contributed by atoms with Crippen molar-refractivity contribution in [3.05, 3.63) is 62.8 Å². The van der Waals surface area contributed by atoms with E-state index >= 15 is 0 Å². The number of nitrogens with one attached hydrogen (secondary N) is 1. The van der Waals surface area contributed by atoms with Crippen LogP contribution in [0.3, 0.4) is 0 Å². The van der Waals surface area contributed by atoms with Gasteiger partial charge in [-0.05, 0) is 18.2 Å². The van der Waals surface area contributed by atoms with Crippen LogP contribution < -0.4 is 5.32 Å². The number of carboxylic acids is 1. The van der Waals surface area contributed by atoms with Crippen molar-refractivity contribution in [2.24, 2.45) is 0 Å². The number of hydrogen-bond acceptors (Lipinski definition) is 6. The van der Waals surface area contributed by atoms with Crippen LogP contribution in [0.15, 0.2) is 30.6 Å². The van der Waals surface area contributed by atoms with E-state index in [9.17, 15) is 18.8 Å². The van der Waals surface area contributed by atoms with Crippen LogP contribution in [-0.2, 0) is 6.54 Å². The molecule has 0 spiro atoms. The van der Waals surface area contributed by atoms with Crippen LogP contribution in [0.4, 0.5) is 14.6 Å². The number of halogens is 4. The predicted octanol–water partition coefficient (Wildman–Crippen LogP) is 5.43. The van der Waals surface area contributed by atoms with Crippen molar-refractivity contribution in [2.45, 2.75) is 6.54 Å². The highest BCUT2D eigenvalue weighted by Crippen LogP contribution is 2.34. The van der Waals surface area contributed by atoms with Crippen molar-refractivity contribution in [1.29, 1.82) is 5.26 Å². The standard InChI is InChI=1S/C20H11Cl2F2N5O2S/c21-11-4-13(23)17(24)18-10(11)3-9(7-25)29(18)2-1-26-16-6-14(27-8-28-16)15-5-12(22)19(32-15)20(30)31/h3-6,8H,1-2H2,(H,30,31)(H,26,27,28). The summed E-state index contributed by atoms with van der Waals surface area (Å²) in [5, 5.41) is 21.9. The first-order valence-electron chi connectivity index (χ1n) is 8.96. The lowest BCUT2D eigenvalue weighted by Crippen LogP contribution is -2.13. The van der Waals surface area contributed by atoms with E-state index in [4.69, 9.17) is 28.3 Å². The molecule has 12 heteroatoms. The SMILES string of the molecule is N#Cc1cc2c(Cl)cc(F)c(F)c2n1CCNc1cc(-c2cc(Cl)c(C(=O)O)s2)ncn1. The molecule has 0 fully saturated rings. The van der Waals surface area contributed by atoms with E-state index in [1.54, 1.807) is 6.07 Å². The number of hydrogen-bond donors (Lipinski definition) is 2. The zero-order valence-electron chi connectivity index (χ0n) is 15.9. The van der Waals surface area contributed by atoms with Crippen molar-refractivity contribution in [3.63, 3.8) is 0 Å². The topological polar surface area (TPSA) is 104 Å². The molecule has 3 aromatic heterocycles. The van der Waals surface area contributed by atoms with Gasteiger partial charge in [0.15, 0.2) is 11.6 Å². The fraction of sp³-hybridized carbons (Fsp3) is 0.100. The van der Waals surface area contributed by atoms with Gasteiger partial charge in [0.25, 0.3) is 0 Å². The van der Waals surface area contributed by atoms with Gasteiger partial charge < -0.3 is 15.0 Å². The molecule has 0 saturated heterocycles. The largest absolute Gasteiger partial charge is 0.477 e. The van der Waals surface area contributed by atoms with Gasteiger partial charge >= 0.3 is 5.97 Å². The molecule has 0 bridgehead atoms. The van der Waals surface area contributed by atoms with E-state index in [-0.39, 0.29) is 44.6 Å². The van der Waals surface area contributed by atoms with E-state index in [0.717, 1.165) is 17.4 Å². The molecule has 0 aliphatic heterocycles. The van der Waals surface area contributed by atoms with Crippen LogP contribution in [0.5, 0.6) is 0 Å². The average molecular weight is 494 g/mol. The van der Waals surface area contributed by atoms with Crippen molar-refractivity contribution in [3.8, 4) is 16.6 Å². The molecule has 162 valence electrons. The second-order valence-corrected chi connectivity index (χ2v) is 8.38. The molecular formula is C20H11Cl2F2N5O2S. The first-order valence-corrected chi connectivity index (χ1v) is 10.5. The number of carboxylic acid groups (broad SMARTS) is 1. The third-order valence-corrected chi connectivity index (χ3v) is 6.45. The minimum Gasteiger partial charge on any atom is -0.477 e. The fourth-order valence-electron chi connectivity index (χ4n) is 3.18. The summed E-state index contributed by atoms with van der Waals surface area (Å²) in [5.41, 5.74) is 0.503. The van der Waals surface area contributed by atoms with Crippen molar-refractivity contribution < 1.29 is 18.7 Å². The number of benzene rings is 1. The Morgan fingerprint density at radius 3 is 2.69 bits per heavy atom. The number of thiophene rings is 1. The van der Waals surface area contributed by atoms with Gasteiger partial charge in [-0.15, -0.1) is 11.3 Å². The second-order valence-electron chi connectivity index (χ2n) is 6.52. The molecule has 0 saturated carbocycles. The predicted molar refractivity (Wildman–Crippen MR) is 117 cm³/mol. The van der Waals surface area contributed by atoms with Crippen molar-refractivity contribution in [1.82, 2.24) is 14.5 Å². The number of fused-ring (bicyclic) bond motifs is 1. The Bertz CT molecular complexity index is 1410. The van der Waals surface area contributed by atoms with E-state index in [0.29, 0.717) is 16.4 Å². The maximum atomic E-state index is 14.4. The number of anilines is 1. The summed E-state index contributed by atoms with van der Waals surface area (Å²) in [6.07, 6.45) is 1.30. The molecule has 32 heavy (non-hydrogen) atoms. The molecular weight excluding hydrogens is 483 g/mol. The lowest BCUT2D eigenvalue weighted by atomic mass is 10.2. The lowest BCUT2D eigenvalue weighted by Gasteiger charge is -2.10. The Morgan fingerprint density at radius 1 is 1.22 bits per heavy atom. The van der Waals surface area contributed by atoms with Crippen LogP contribution in [0.25, 0.3) is 21.5 Å². The van der Waals surface area contributed by atoms with Crippen LogP contribution in [0.1, 0.15) is 15.4 Å². The molecule has 7 nitrogen and oxygen atoms in total. The Hall–Kier alpha value is -3.26. The lowest BCUT2D eigenvalue weighted by molar-refractivity contribution is 0.0702. The third kappa shape index (κ3) is 3.98. The Morgan fingerprint density at radius 2 is 2.00 bits per heavy atom. The highest BCUT2D eigenvalue weighted by Gasteiger charge is 2.19. The summed E-state index contributed by atoms with van der Waals surface area (Å²) in [6.45, 7) is 0.338. The minimum absolute atomic E-state index is 0.00577. The van der Waals surface area contributed by atoms with Crippen molar-refractivity contribution in [2.75, 3.05) is 11.9 Å². The molecule has 2 N–H and O–H groups in total. The molecule has 3 heterocycles. The molecule has 4 aromatic rings. The molecule has 0 atom stereocenters. The van der Waals surface area contributed by atoms with Crippen LogP contribution in [-0.4, -0.2) is 32.2 Å². The zero-order valence-corrected chi connectivity index (χ0v) is 18.2. The summed E-state index contributed by atoms with van der Waals surface area (Å²) < 4.78 is 29.6. The summed E-state index contributed by atoms with van der Waals surface area (Å²) in [7, 11) is 0. The first-order chi connectivity index (χ1) is 15.3. The highest BCUT2D eigenvalue weighted by molar-refractivity contribution is 7.17. The van der Waals surface area contributed by atoms with Gasteiger partial charge in [0.05, 0.1) is 26.1 Å². The Labute approximate surface area is 193 Å². The van der Waals surface area contributed by atoms with E-state index < -0.39 is 17.6 Å². The smallest absolute Gasteiger partial charge is 0.347 e. The van der Waals surface area contributed by atoms with Gasteiger partial charge in [0.2, 0.25) is 0 Å². The maximum Gasteiger partial charge on any atom is 0.347 e. The second kappa shape index (κ2) is 8.70. The number of nitrogens with zero attached hydrogens (tertiary/aromatic N) is 4. The molecule has 0 amide bonds. The van der Waals surface area contributed by atoms with Crippen LogP contribution in [0, 0.1) is 23.0 Å². The normalized spacial score (nSPS) is 11.0.